The second-order valence-electron chi connectivity index (χ2n) is 10.2. The number of aliphatic hydroxyl groups excluding tert-OH is 1. The third-order valence-electron chi connectivity index (χ3n) is 7.04. The van der Waals surface area contributed by atoms with Gasteiger partial charge in [-0.15, -0.1) is 11.3 Å². The van der Waals surface area contributed by atoms with Crippen molar-refractivity contribution >= 4 is 33.3 Å². The zero-order valence-electron chi connectivity index (χ0n) is 20.5. The number of hydrogen-bond acceptors (Lipinski definition) is 6. The number of hydrogen-bond donors (Lipinski definition) is 1. The molecular formula is C27H37NO4S. The summed E-state index contributed by atoms with van der Waals surface area (Å²) in [7, 11) is 0. The number of ether oxygens (including phenoxy) is 1. The molecule has 180 valence electrons. The normalized spacial score (nSPS) is 29.9. The minimum atomic E-state index is -0.705. The van der Waals surface area contributed by atoms with Crippen LogP contribution < -0.4 is 0 Å². The van der Waals surface area contributed by atoms with Crippen molar-refractivity contribution in [3.63, 3.8) is 0 Å². The molecule has 2 heterocycles. The SMILES string of the molecule is C/C1=C/CC(c2ccc3ncsc3c2)OC(=O)CCC(C)(C)C(=O)[C@H](C)C(O)[C@@H](C)CCC1. The Balaban J connectivity index is 1.85. The maximum atomic E-state index is 13.1. The first-order valence-electron chi connectivity index (χ1n) is 12.0. The number of nitrogens with zero attached hydrogens (tertiary/aromatic N) is 1. The molecule has 33 heavy (non-hydrogen) atoms. The number of carbonyl (C=O) groups is 2. The van der Waals surface area contributed by atoms with Crippen molar-refractivity contribution in [3.05, 3.63) is 40.9 Å². The summed E-state index contributed by atoms with van der Waals surface area (Å²) in [6.45, 7) is 9.65. The van der Waals surface area contributed by atoms with E-state index in [0.717, 1.165) is 35.0 Å². The zero-order valence-corrected chi connectivity index (χ0v) is 21.3. The summed E-state index contributed by atoms with van der Waals surface area (Å²) in [6, 6.07) is 6.02. The van der Waals surface area contributed by atoms with Crippen LogP contribution in [0.2, 0.25) is 0 Å². The van der Waals surface area contributed by atoms with E-state index in [-0.39, 0.29) is 30.2 Å². The molecule has 1 aliphatic heterocycles. The number of cyclic esters (lactones) is 1. The second kappa shape index (κ2) is 10.9. The molecule has 1 aromatic heterocycles. The first-order chi connectivity index (χ1) is 15.6. The highest BCUT2D eigenvalue weighted by Crippen LogP contribution is 2.33. The van der Waals surface area contributed by atoms with Crippen molar-refractivity contribution < 1.29 is 19.4 Å². The lowest BCUT2D eigenvalue weighted by atomic mass is 9.74. The molecule has 0 saturated heterocycles. The fraction of sp³-hybridized carbons (Fsp3) is 0.593. The Kier molecular flexibility index (Phi) is 8.46. The summed E-state index contributed by atoms with van der Waals surface area (Å²) >= 11 is 1.57. The molecule has 3 rings (SSSR count). The number of ketones is 1. The zero-order chi connectivity index (χ0) is 24.2. The van der Waals surface area contributed by atoms with Crippen molar-refractivity contribution in [2.24, 2.45) is 17.3 Å². The molecule has 6 heteroatoms. The van der Waals surface area contributed by atoms with Crippen LogP contribution in [0.4, 0.5) is 0 Å². The fourth-order valence-corrected chi connectivity index (χ4v) is 5.35. The number of fused-ring (bicyclic) bond motifs is 1. The maximum Gasteiger partial charge on any atom is 0.306 e. The Labute approximate surface area is 201 Å². The van der Waals surface area contributed by atoms with Crippen molar-refractivity contribution in [2.45, 2.75) is 85.4 Å². The number of aromatic nitrogens is 1. The first-order valence-corrected chi connectivity index (χ1v) is 12.9. The van der Waals surface area contributed by atoms with E-state index in [4.69, 9.17) is 4.74 Å². The summed E-state index contributed by atoms with van der Waals surface area (Å²) in [5, 5.41) is 10.8. The van der Waals surface area contributed by atoms with E-state index in [0.29, 0.717) is 12.8 Å². The van der Waals surface area contributed by atoms with Gasteiger partial charge in [-0.05, 0) is 56.2 Å². The number of thiazole rings is 1. The van der Waals surface area contributed by atoms with Crippen molar-refractivity contribution in [3.8, 4) is 0 Å². The Morgan fingerprint density at radius 1 is 1.18 bits per heavy atom. The van der Waals surface area contributed by atoms with Gasteiger partial charge in [0.2, 0.25) is 0 Å². The van der Waals surface area contributed by atoms with Crippen LogP contribution in [0.1, 0.15) is 84.8 Å². The third-order valence-corrected chi connectivity index (χ3v) is 7.83. The molecule has 0 aliphatic carbocycles. The molecule has 2 aromatic rings. The minimum Gasteiger partial charge on any atom is -0.457 e. The van der Waals surface area contributed by atoms with Crippen LogP contribution in [0.5, 0.6) is 0 Å². The van der Waals surface area contributed by atoms with Gasteiger partial charge < -0.3 is 9.84 Å². The smallest absolute Gasteiger partial charge is 0.306 e. The lowest BCUT2D eigenvalue weighted by molar-refractivity contribution is -0.150. The van der Waals surface area contributed by atoms with Gasteiger partial charge in [-0.3, -0.25) is 9.59 Å². The maximum absolute atomic E-state index is 13.1. The van der Waals surface area contributed by atoms with Crippen LogP contribution >= 0.6 is 11.3 Å². The van der Waals surface area contributed by atoms with E-state index < -0.39 is 17.4 Å². The minimum absolute atomic E-state index is 0.00465. The highest BCUT2D eigenvalue weighted by atomic mass is 32.1. The Morgan fingerprint density at radius 2 is 1.94 bits per heavy atom. The average molecular weight is 472 g/mol. The largest absolute Gasteiger partial charge is 0.457 e. The van der Waals surface area contributed by atoms with Crippen LogP contribution in [0, 0.1) is 17.3 Å². The molecule has 1 aromatic carbocycles. The van der Waals surface area contributed by atoms with Gasteiger partial charge in [0, 0.05) is 24.2 Å². The monoisotopic (exact) mass is 471 g/mol. The van der Waals surface area contributed by atoms with Gasteiger partial charge in [0.25, 0.3) is 0 Å². The Bertz CT molecular complexity index is 1010. The average Bonchev–Trinajstić information content (AvgIpc) is 3.26. The molecule has 1 N–H and O–H groups in total. The summed E-state index contributed by atoms with van der Waals surface area (Å²) in [5.74, 6) is -0.714. The molecular weight excluding hydrogens is 434 g/mol. The topological polar surface area (TPSA) is 76.5 Å². The highest BCUT2D eigenvalue weighted by Gasteiger charge is 2.36. The molecule has 0 bridgehead atoms. The number of allylic oxidation sites excluding steroid dienone is 1. The molecule has 5 nitrogen and oxygen atoms in total. The molecule has 0 radical (unpaired) electrons. The van der Waals surface area contributed by atoms with Crippen molar-refractivity contribution in [1.29, 1.82) is 0 Å². The highest BCUT2D eigenvalue weighted by molar-refractivity contribution is 7.16. The van der Waals surface area contributed by atoms with E-state index in [1.165, 1.54) is 5.57 Å². The quantitative estimate of drug-likeness (QED) is 0.384. The van der Waals surface area contributed by atoms with Gasteiger partial charge in [-0.1, -0.05) is 45.4 Å². The number of aliphatic hydroxyl groups is 1. The van der Waals surface area contributed by atoms with Gasteiger partial charge in [0.05, 0.1) is 21.8 Å². The van der Waals surface area contributed by atoms with Crippen LogP contribution in [0.25, 0.3) is 10.2 Å². The standard InChI is InChI=1S/C27H37NO4S/c1-17-7-6-8-18(2)25(30)19(3)26(31)27(4,5)14-13-24(29)32-22(12-9-17)20-10-11-21-23(15-20)33-16-28-21/h9-11,15-16,18-19,22,25,30H,6-8,12-14H2,1-5H3/b17-9-/t18-,19+,22?,25?/m0/s1. The van der Waals surface area contributed by atoms with Crippen LogP contribution in [-0.2, 0) is 14.3 Å². The fourth-order valence-electron chi connectivity index (χ4n) is 4.63. The van der Waals surface area contributed by atoms with E-state index in [2.05, 4.69) is 24.1 Å². The van der Waals surface area contributed by atoms with Gasteiger partial charge in [0.15, 0.2) is 0 Å². The molecule has 4 atom stereocenters. The van der Waals surface area contributed by atoms with Crippen LogP contribution in [-0.4, -0.2) is 27.9 Å². The second-order valence-corrected chi connectivity index (χ2v) is 11.1. The summed E-state index contributed by atoms with van der Waals surface area (Å²) in [4.78, 5) is 30.3. The van der Waals surface area contributed by atoms with Crippen molar-refractivity contribution in [2.75, 3.05) is 0 Å². The van der Waals surface area contributed by atoms with Crippen LogP contribution in [0.15, 0.2) is 35.4 Å². The Morgan fingerprint density at radius 3 is 2.70 bits per heavy atom. The third kappa shape index (κ3) is 6.51. The first kappa shape index (κ1) is 25.6. The molecule has 1 aliphatic rings. The summed E-state index contributed by atoms with van der Waals surface area (Å²) < 4.78 is 7.02. The van der Waals surface area contributed by atoms with E-state index >= 15 is 0 Å². The Hall–Kier alpha value is -2.05. The summed E-state index contributed by atoms with van der Waals surface area (Å²) in [5.41, 5.74) is 4.27. The number of Topliss-reactive ketones (excluding diaryl/α,β-unsaturated/α-hetero) is 1. The molecule has 0 amide bonds. The number of carbonyl (C=O) groups excluding carboxylic acids is 2. The number of rotatable bonds is 1. The van der Waals surface area contributed by atoms with Gasteiger partial charge in [0.1, 0.15) is 11.9 Å². The predicted molar refractivity (Wildman–Crippen MR) is 133 cm³/mol. The van der Waals surface area contributed by atoms with E-state index in [1.807, 2.05) is 45.3 Å². The van der Waals surface area contributed by atoms with Gasteiger partial charge in [-0.2, -0.15) is 0 Å². The molecule has 2 unspecified atom stereocenters. The van der Waals surface area contributed by atoms with Crippen molar-refractivity contribution in [1.82, 2.24) is 4.98 Å². The van der Waals surface area contributed by atoms with Gasteiger partial charge in [-0.25, -0.2) is 4.98 Å². The molecule has 0 fully saturated rings. The van der Waals surface area contributed by atoms with Crippen LogP contribution in [0.3, 0.4) is 0 Å². The van der Waals surface area contributed by atoms with E-state index in [9.17, 15) is 14.7 Å². The number of esters is 1. The molecule has 0 saturated carbocycles. The number of benzene rings is 1. The van der Waals surface area contributed by atoms with Gasteiger partial charge >= 0.3 is 5.97 Å². The predicted octanol–water partition coefficient (Wildman–Crippen LogP) is 6.41. The lowest BCUT2D eigenvalue weighted by Gasteiger charge is -2.31. The summed E-state index contributed by atoms with van der Waals surface area (Å²) in [6.07, 6.45) is 5.02. The lowest BCUT2D eigenvalue weighted by Crippen LogP contribution is -2.39. The van der Waals surface area contributed by atoms with E-state index in [1.54, 1.807) is 11.3 Å². The molecule has 0 spiro atoms.